The van der Waals surface area contributed by atoms with E-state index in [1.165, 1.54) is 10.6 Å². The zero-order valence-corrected chi connectivity index (χ0v) is 19.6. The number of nitrogens with zero attached hydrogens (tertiary/aromatic N) is 4. The van der Waals surface area contributed by atoms with Crippen molar-refractivity contribution < 1.29 is 17.9 Å². The van der Waals surface area contributed by atoms with E-state index in [0.717, 1.165) is 22.4 Å². The fourth-order valence-corrected chi connectivity index (χ4v) is 5.33. The van der Waals surface area contributed by atoms with Crippen molar-refractivity contribution in [2.75, 3.05) is 20.0 Å². The van der Waals surface area contributed by atoms with Crippen molar-refractivity contribution in [1.29, 1.82) is 0 Å². The van der Waals surface area contributed by atoms with Crippen LogP contribution in [0, 0.1) is 6.57 Å². The van der Waals surface area contributed by atoms with Gasteiger partial charge in [0.1, 0.15) is 18.5 Å². The number of aromatic nitrogens is 2. The minimum absolute atomic E-state index is 0.207. The quantitative estimate of drug-likeness (QED) is 0.498. The van der Waals surface area contributed by atoms with Gasteiger partial charge in [-0.05, 0) is 29.7 Å². The third kappa shape index (κ3) is 4.78. The largest absolute Gasteiger partial charge is 0.491 e. The maximum Gasteiger partial charge on any atom is 0.211 e. The smallest absolute Gasteiger partial charge is 0.211 e. The standard InChI is InChI=1S/C24H26N4O4S/c1-25-19-10-18-11-20(28(33(4,29)30)14-17-8-6-5-7-9-17)15-32-23(18)21(12-19)24(31-3)22-13-26-16-27(22)2/h5-10,12-13,16,20,24H,11,14-15H2,2-4H3. The topological polar surface area (TPSA) is 78.0 Å². The molecule has 4 rings (SSSR count). The van der Waals surface area contributed by atoms with E-state index in [2.05, 4.69) is 9.83 Å². The number of benzene rings is 2. The van der Waals surface area contributed by atoms with Gasteiger partial charge in [-0.2, -0.15) is 4.31 Å². The summed E-state index contributed by atoms with van der Waals surface area (Å²) in [6.45, 7) is 8.04. The van der Waals surface area contributed by atoms with Crippen LogP contribution in [-0.2, 0) is 34.8 Å². The number of hydrogen-bond donors (Lipinski definition) is 0. The molecule has 2 heterocycles. The highest BCUT2D eigenvalue weighted by molar-refractivity contribution is 7.88. The highest BCUT2D eigenvalue weighted by Gasteiger charge is 2.34. The highest BCUT2D eigenvalue weighted by Crippen LogP contribution is 2.41. The first-order valence-corrected chi connectivity index (χ1v) is 12.3. The van der Waals surface area contributed by atoms with E-state index in [1.54, 1.807) is 31.8 Å². The highest BCUT2D eigenvalue weighted by atomic mass is 32.2. The molecule has 2 aromatic carbocycles. The lowest BCUT2D eigenvalue weighted by Gasteiger charge is -2.35. The fourth-order valence-electron chi connectivity index (χ4n) is 4.27. The second kappa shape index (κ2) is 9.35. The van der Waals surface area contributed by atoms with Gasteiger partial charge in [-0.15, -0.1) is 0 Å². The van der Waals surface area contributed by atoms with Crippen molar-refractivity contribution in [2.45, 2.75) is 25.1 Å². The van der Waals surface area contributed by atoms with Gasteiger partial charge in [0.15, 0.2) is 5.69 Å². The summed E-state index contributed by atoms with van der Waals surface area (Å²) < 4.78 is 40.7. The van der Waals surface area contributed by atoms with Crippen LogP contribution in [0.2, 0.25) is 0 Å². The number of rotatable bonds is 7. The average Bonchev–Trinajstić information content (AvgIpc) is 3.22. The number of fused-ring (bicyclic) bond motifs is 1. The van der Waals surface area contributed by atoms with Crippen molar-refractivity contribution >= 4 is 15.7 Å². The minimum atomic E-state index is -3.50. The molecular weight excluding hydrogens is 440 g/mol. The minimum Gasteiger partial charge on any atom is -0.491 e. The molecule has 0 bridgehead atoms. The second-order valence-corrected chi connectivity index (χ2v) is 10.1. The van der Waals surface area contributed by atoms with Crippen LogP contribution >= 0.6 is 0 Å². The van der Waals surface area contributed by atoms with Crippen molar-refractivity contribution in [1.82, 2.24) is 13.9 Å². The summed E-state index contributed by atoms with van der Waals surface area (Å²) >= 11 is 0. The summed E-state index contributed by atoms with van der Waals surface area (Å²) in [5.41, 5.74) is 3.71. The molecule has 1 aliphatic rings. The van der Waals surface area contributed by atoms with Gasteiger partial charge in [0.25, 0.3) is 0 Å². The first-order valence-electron chi connectivity index (χ1n) is 10.5. The van der Waals surface area contributed by atoms with E-state index in [0.29, 0.717) is 17.9 Å². The fraction of sp³-hybridized carbons (Fsp3) is 0.333. The zero-order valence-electron chi connectivity index (χ0n) is 18.8. The van der Waals surface area contributed by atoms with Gasteiger partial charge in [-0.1, -0.05) is 30.3 Å². The van der Waals surface area contributed by atoms with Crippen molar-refractivity contribution in [2.24, 2.45) is 7.05 Å². The Labute approximate surface area is 194 Å². The molecule has 0 fully saturated rings. The summed E-state index contributed by atoms with van der Waals surface area (Å²) in [6, 6.07) is 12.6. The normalized spacial score (nSPS) is 16.6. The number of ether oxygens (including phenoxy) is 2. The Hall–Kier alpha value is -3.19. The maximum absolute atomic E-state index is 12.7. The molecule has 0 radical (unpaired) electrons. The number of hydrogen-bond acceptors (Lipinski definition) is 5. The van der Waals surface area contributed by atoms with E-state index in [1.807, 2.05) is 41.9 Å². The molecule has 0 amide bonds. The number of aryl methyl sites for hydroxylation is 1. The Morgan fingerprint density at radius 3 is 2.70 bits per heavy atom. The molecule has 0 saturated carbocycles. The van der Waals surface area contributed by atoms with Gasteiger partial charge >= 0.3 is 0 Å². The number of imidazole rings is 1. The Morgan fingerprint density at radius 2 is 2.09 bits per heavy atom. The first kappa shape index (κ1) is 23.0. The van der Waals surface area contributed by atoms with Crippen molar-refractivity contribution in [3.63, 3.8) is 0 Å². The molecule has 1 aliphatic heterocycles. The van der Waals surface area contributed by atoms with Gasteiger partial charge in [0.2, 0.25) is 10.0 Å². The lowest BCUT2D eigenvalue weighted by atomic mass is 9.95. The Balaban J connectivity index is 1.72. The Bertz CT molecular complexity index is 1280. The maximum atomic E-state index is 12.7. The predicted octanol–water partition coefficient (Wildman–Crippen LogP) is 3.47. The van der Waals surface area contributed by atoms with Crippen LogP contribution < -0.4 is 4.74 Å². The summed E-state index contributed by atoms with van der Waals surface area (Å²) in [7, 11) is -0.0150. The summed E-state index contributed by atoms with van der Waals surface area (Å²) in [5.74, 6) is 0.639. The molecule has 33 heavy (non-hydrogen) atoms. The molecule has 2 unspecified atom stereocenters. The van der Waals surface area contributed by atoms with Gasteiger partial charge in [0.05, 0.1) is 37.1 Å². The Kier molecular flexibility index (Phi) is 6.51. The molecule has 0 aliphatic carbocycles. The molecule has 0 spiro atoms. The van der Waals surface area contributed by atoms with Crippen LogP contribution in [0.5, 0.6) is 5.75 Å². The van der Waals surface area contributed by atoms with Gasteiger partial charge in [0, 0.05) is 26.3 Å². The van der Waals surface area contributed by atoms with E-state index in [9.17, 15) is 8.42 Å². The van der Waals surface area contributed by atoms with E-state index in [4.69, 9.17) is 16.0 Å². The summed E-state index contributed by atoms with van der Waals surface area (Å²) in [5, 5.41) is 0. The van der Waals surface area contributed by atoms with E-state index < -0.39 is 16.1 Å². The summed E-state index contributed by atoms with van der Waals surface area (Å²) in [6.07, 6.45) is 4.60. The SMILES string of the molecule is [C-]#[N+]c1cc2c(c(C(OC)c3cncn3C)c1)OCC(N(Cc1ccccc1)S(C)(=O)=O)C2. The van der Waals surface area contributed by atoms with Crippen LogP contribution in [0.25, 0.3) is 4.85 Å². The van der Waals surface area contributed by atoms with Gasteiger partial charge < -0.3 is 14.0 Å². The average molecular weight is 467 g/mol. The Morgan fingerprint density at radius 1 is 1.33 bits per heavy atom. The van der Waals surface area contributed by atoms with Gasteiger partial charge in [-0.25, -0.2) is 18.2 Å². The molecule has 2 atom stereocenters. The summed E-state index contributed by atoms with van der Waals surface area (Å²) in [4.78, 5) is 7.81. The van der Waals surface area contributed by atoms with E-state index in [-0.39, 0.29) is 19.2 Å². The van der Waals surface area contributed by atoms with Crippen molar-refractivity contribution in [3.8, 4) is 5.75 Å². The molecular formula is C24H26N4O4S. The van der Waals surface area contributed by atoms with Crippen LogP contribution in [-0.4, -0.2) is 48.3 Å². The van der Waals surface area contributed by atoms with Crippen LogP contribution in [0.3, 0.4) is 0 Å². The van der Waals surface area contributed by atoms with E-state index >= 15 is 0 Å². The third-order valence-electron chi connectivity index (χ3n) is 5.84. The molecule has 0 saturated heterocycles. The van der Waals surface area contributed by atoms with Crippen LogP contribution in [0.15, 0.2) is 55.0 Å². The molecule has 0 N–H and O–H groups in total. The molecule has 1 aromatic heterocycles. The molecule has 8 nitrogen and oxygen atoms in total. The van der Waals surface area contributed by atoms with Crippen LogP contribution in [0.1, 0.15) is 28.5 Å². The third-order valence-corrected chi connectivity index (χ3v) is 7.12. The van der Waals surface area contributed by atoms with Crippen LogP contribution in [0.4, 0.5) is 5.69 Å². The number of methoxy groups -OCH3 is 1. The molecule has 172 valence electrons. The first-order chi connectivity index (χ1) is 15.8. The number of sulfonamides is 1. The second-order valence-electron chi connectivity index (χ2n) is 8.14. The van der Waals surface area contributed by atoms with Crippen molar-refractivity contribution in [3.05, 3.63) is 88.8 Å². The molecule has 3 aromatic rings. The zero-order chi connectivity index (χ0) is 23.6. The lowest BCUT2D eigenvalue weighted by Crippen LogP contribution is -2.45. The monoisotopic (exact) mass is 466 g/mol. The van der Waals surface area contributed by atoms with Gasteiger partial charge in [-0.3, -0.25) is 0 Å². The predicted molar refractivity (Wildman–Crippen MR) is 125 cm³/mol. The molecule has 9 heteroatoms. The lowest BCUT2D eigenvalue weighted by molar-refractivity contribution is 0.121.